The number of rotatable bonds is 5. The Morgan fingerprint density at radius 3 is 2.58 bits per heavy atom. The number of fused-ring (bicyclic) bond motifs is 1. The van der Waals surface area contributed by atoms with Gasteiger partial charge in [0.25, 0.3) is 0 Å². The number of carbonyl (C=O) groups excluding carboxylic acids is 2. The molecule has 0 spiro atoms. The number of cyclic esters (lactones) is 1. The molecule has 6 nitrogen and oxygen atoms in total. The van der Waals surface area contributed by atoms with Crippen LogP contribution in [0.15, 0.2) is 36.4 Å². The number of aromatic hydroxyl groups is 1. The standard InChI is InChI=1S/C18H16O6/c1-22-14-8-7-11-15(24-18(21)16(11)17(14)23-2)9-13(20)10-5-3-4-6-12(10)19/h3-8,15,19H,9H2,1-2H3/t15-/m0/s1. The smallest absolute Gasteiger partial charge is 0.343 e. The number of ketones is 1. The third-order valence-corrected chi connectivity index (χ3v) is 3.95. The van der Waals surface area contributed by atoms with E-state index in [-0.39, 0.29) is 34.8 Å². The molecule has 0 fully saturated rings. The molecule has 0 saturated heterocycles. The van der Waals surface area contributed by atoms with E-state index in [1.165, 1.54) is 26.4 Å². The molecule has 1 heterocycles. The maximum Gasteiger partial charge on any atom is 0.343 e. The highest BCUT2D eigenvalue weighted by molar-refractivity contribution is 6.01. The monoisotopic (exact) mass is 328 g/mol. The number of phenolic OH excluding ortho intramolecular Hbond substituents is 1. The maximum atomic E-state index is 12.4. The van der Waals surface area contributed by atoms with Gasteiger partial charge >= 0.3 is 5.97 Å². The Bertz CT molecular complexity index is 811. The molecule has 1 N–H and O–H groups in total. The van der Waals surface area contributed by atoms with E-state index in [0.29, 0.717) is 11.3 Å². The zero-order valence-corrected chi connectivity index (χ0v) is 13.2. The molecular formula is C18H16O6. The predicted octanol–water partition coefficient (Wildman–Crippen LogP) is 2.89. The number of phenols is 1. The molecule has 0 aliphatic carbocycles. The van der Waals surface area contributed by atoms with Crippen molar-refractivity contribution in [2.75, 3.05) is 14.2 Å². The van der Waals surface area contributed by atoms with Crippen LogP contribution in [0.3, 0.4) is 0 Å². The number of hydrogen-bond acceptors (Lipinski definition) is 6. The van der Waals surface area contributed by atoms with E-state index in [4.69, 9.17) is 14.2 Å². The van der Waals surface area contributed by atoms with Crippen molar-refractivity contribution in [1.29, 1.82) is 0 Å². The molecule has 0 amide bonds. The molecule has 2 aromatic rings. The fraction of sp³-hybridized carbons (Fsp3) is 0.222. The van der Waals surface area contributed by atoms with Gasteiger partial charge in [0.05, 0.1) is 26.2 Å². The van der Waals surface area contributed by atoms with Crippen molar-refractivity contribution in [2.45, 2.75) is 12.5 Å². The van der Waals surface area contributed by atoms with Gasteiger partial charge in [0.1, 0.15) is 17.4 Å². The third kappa shape index (κ3) is 2.56. The van der Waals surface area contributed by atoms with Crippen molar-refractivity contribution < 1.29 is 28.9 Å². The highest BCUT2D eigenvalue weighted by Crippen LogP contribution is 2.43. The summed E-state index contributed by atoms with van der Waals surface area (Å²) < 4.78 is 15.8. The first-order valence-corrected chi connectivity index (χ1v) is 7.33. The number of para-hydroxylation sites is 1. The second kappa shape index (κ2) is 6.23. The summed E-state index contributed by atoms with van der Waals surface area (Å²) in [5.41, 5.74) is 1.04. The molecule has 124 valence electrons. The van der Waals surface area contributed by atoms with Gasteiger partial charge in [0.2, 0.25) is 0 Å². The molecule has 6 heteroatoms. The maximum absolute atomic E-state index is 12.4. The summed E-state index contributed by atoms with van der Waals surface area (Å²) in [5.74, 6) is -0.262. The van der Waals surface area contributed by atoms with Gasteiger partial charge in [-0.25, -0.2) is 4.79 Å². The molecule has 0 radical (unpaired) electrons. The summed E-state index contributed by atoms with van der Waals surface area (Å²) in [6, 6.07) is 9.62. The minimum atomic E-state index is -0.723. The number of methoxy groups -OCH3 is 2. The van der Waals surface area contributed by atoms with Gasteiger partial charge in [-0.15, -0.1) is 0 Å². The molecule has 0 bridgehead atoms. The van der Waals surface area contributed by atoms with E-state index >= 15 is 0 Å². The van der Waals surface area contributed by atoms with Crippen molar-refractivity contribution in [3.8, 4) is 17.2 Å². The van der Waals surface area contributed by atoms with Crippen LogP contribution in [0.4, 0.5) is 0 Å². The first-order valence-electron chi connectivity index (χ1n) is 7.33. The summed E-state index contributed by atoms with van der Waals surface area (Å²) in [6.45, 7) is 0. The van der Waals surface area contributed by atoms with Crippen LogP contribution in [0.25, 0.3) is 0 Å². The average molecular weight is 328 g/mol. The fourth-order valence-corrected chi connectivity index (χ4v) is 2.81. The lowest BCUT2D eigenvalue weighted by atomic mass is 9.97. The number of hydrogen-bond donors (Lipinski definition) is 1. The van der Waals surface area contributed by atoms with Gasteiger partial charge in [-0.2, -0.15) is 0 Å². The second-order valence-corrected chi connectivity index (χ2v) is 5.30. The van der Waals surface area contributed by atoms with E-state index in [0.717, 1.165) is 0 Å². The van der Waals surface area contributed by atoms with Crippen molar-refractivity contribution in [3.05, 3.63) is 53.1 Å². The fourth-order valence-electron chi connectivity index (χ4n) is 2.81. The lowest BCUT2D eigenvalue weighted by Gasteiger charge is -2.12. The van der Waals surface area contributed by atoms with Crippen molar-refractivity contribution in [2.24, 2.45) is 0 Å². The quantitative estimate of drug-likeness (QED) is 0.671. The second-order valence-electron chi connectivity index (χ2n) is 5.30. The summed E-state index contributed by atoms with van der Waals surface area (Å²) in [5, 5.41) is 9.79. The Morgan fingerprint density at radius 1 is 1.17 bits per heavy atom. The van der Waals surface area contributed by atoms with Crippen LogP contribution in [0, 0.1) is 0 Å². The van der Waals surface area contributed by atoms with Crippen LogP contribution in [-0.4, -0.2) is 31.1 Å². The molecule has 2 aromatic carbocycles. The van der Waals surface area contributed by atoms with Crippen LogP contribution in [-0.2, 0) is 4.74 Å². The van der Waals surface area contributed by atoms with Crippen molar-refractivity contribution in [3.63, 3.8) is 0 Å². The van der Waals surface area contributed by atoms with E-state index in [1.54, 1.807) is 24.3 Å². The molecule has 1 atom stereocenters. The molecule has 3 rings (SSSR count). The van der Waals surface area contributed by atoms with Crippen molar-refractivity contribution >= 4 is 11.8 Å². The van der Waals surface area contributed by atoms with E-state index < -0.39 is 12.1 Å². The highest BCUT2D eigenvalue weighted by atomic mass is 16.6. The van der Waals surface area contributed by atoms with Gasteiger partial charge in [0.15, 0.2) is 17.3 Å². The van der Waals surface area contributed by atoms with Crippen LogP contribution in [0.1, 0.15) is 38.8 Å². The van der Waals surface area contributed by atoms with Gasteiger partial charge < -0.3 is 19.3 Å². The minimum absolute atomic E-state index is 0.0637. The average Bonchev–Trinajstić information content (AvgIpc) is 2.90. The minimum Gasteiger partial charge on any atom is -0.507 e. The topological polar surface area (TPSA) is 82.1 Å². The Hall–Kier alpha value is -3.02. The number of benzene rings is 2. The highest BCUT2D eigenvalue weighted by Gasteiger charge is 2.37. The van der Waals surface area contributed by atoms with Crippen LogP contribution < -0.4 is 9.47 Å². The Morgan fingerprint density at radius 2 is 1.92 bits per heavy atom. The molecule has 0 saturated carbocycles. The van der Waals surface area contributed by atoms with Crippen LogP contribution in [0.5, 0.6) is 17.2 Å². The van der Waals surface area contributed by atoms with Gasteiger partial charge in [-0.05, 0) is 18.2 Å². The largest absolute Gasteiger partial charge is 0.507 e. The van der Waals surface area contributed by atoms with Gasteiger partial charge in [-0.1, -0.05) is 18.2 Å². The lowest BCUT2D eigenvalue weighted by molar-refractivity contribution is 0.0365. The zero-order valence-electron chi connectivity index (χ0n) is 13.2. The normalized spacial score (nSPS) is 15.6. The number of Topliss-reactive ketones (excluding diaryl/α,β-unsaturated/α-hetero) is 1. The summed E-state index contributed by atoms with van der Waals surface area (Å²) in [6.07, 6.45) is -0.786. The summed E-state index contributed by atoms with van der Waals surface area (Å²) in [4.78, 5) is 24.6. The Balaban J connectivity index is 1.93. The van der Waals surface area contributed by atoms with Gasteiger partial charge in [-0.3, -0.25) is 4.79 Å². The van der Waals surface area contributed by atoms with Crippen molar-refractivity contribution in [1.82, 2.24) is 0 Å². The number of carbonyl (C=O) groups is 2. The molecule has 1 aliphatic rings. The van der Waals surface area contributed by atoms with Gasteiger partial charge in [0, 0.05) is 5.56 Å². The molecule has 24 heavy (non-hydrogen) atoms. The zero-order chi connectivity index (χ0) is 17.3. The SMILES string of the molecule is COc1ccc2c(c1OC)C(=O)O[C@H]2CC(=O)c1ccccc1O. The summed E-state index contributed by atoms with van der Waals surface area (Å²) in [7, 11) is 2.91. The van der Waals surface area contributed by atoms with E-state index in [9.17, 15) is 14.7 Å². The first-order chi connectivity index (χ1) is 11.6. The predicted molar refractivity (Wildman–Crippen MR) is 84.8 cm³/mol. The number of ether oxygens (including phenoxy) is 3. The Kier molecular flexibility index (Phi) is 4.12. The van der Waals surface area contributed by atoms with E-state index in [2.05, 4.69) is 0 Å². The molecular weight excluding hydrogens is 312 g/mol. The van der Waals surface area contributed by atoms with Crippen LogP contribution in [0.2, 0.25) is 0 Å². The molecule has 0 aromatic heterocycles. The lowest BCUT2D eigenvalue weighted by Crippen LogP contribution is -2.07. The molecule has 1 aliphatic heterocycles. The number of esters is 1. The first kappa shape index (κ1) is 15.9. The van der Waals surface area contributed by atoms with Crippen LogP contribution >= 0.6 is 0 Å². The third-order valence-electron chi connectivity index (χ3n) is 3.95. The Labute approximate surface area is 138 Å². The molecule has 0 unspecified atom stereocenters. The van der Waals surface area contributed by atoms with E-state index in [1.807, 2.05) is 0 Å². The summed E-state index contributed by atoms with van der Waals surface area (Å²) >= 11 is 0.